The van der Waals surface area contributed by atoms with Crippen LogP contribution in [0.4, 0.5) is 0 Å². The summed E-state index contributed by atoms with van der Waals surface area (Å²) in [6, 6.07) is 9.48. The molecule has 108 valence electrons. The quantitative estimate of drug-likeness (QED) is 0.855. The van der Waals surface area contributed by atoms with Crippen LogP contribution in [0.15, 0.2) is 30.5 Å². The number of nitrogens with zero attached hydrogens (tertiary/aromatic N) is 1. The first kappa shape index (κ1) is 13.7. The number of hydrogen-bond acceptors (Lipinski definition) is 1. The summed E-state index contributed by atoms with van der Waals surface area (Å²) in [7, 11) is 0. The number of fused-ring (bicyclic) bond motifs is 1. The molecule has 1 aromatic heterocycles. The van der Waals surface area contributed by atoms with Gasteiger partial charge >= 0.3 is 0 Å². The van der Waals surface area contributed by atoms with Crippen LogP contribution in [0.1, 0.15) is 45.1 Å². The highest BCUT2D eigenvalue weighted by Crippen LogP contribution is 2.29. The molecule has 1 aromatic carbocycles. The van der Waals surface area contributed by atoms with E-state index in [0.29, 0.717) is 6.04 Å². The van der Waals surface area contributed by atoms with Crippen molar-refractivity contribution in [1.29, 1.82) is 0 Å². The zero-order valence-corrected chi connectivity index (χ0v) is 12.7. The van der Waals surface area contributed by atoms with Gasteiger partial charge in [0, 0.05) is 25.3 Å². The van der Waals surface area contributed by atoms with E-state index in [1.165, 1.54) is 48.7 Å². The van der Waals surface area contributed by atoms with Crippen LogP contribution in [-0.2, 0) is 13.1 Å². The van der Waals surface area contributed by atoms with Crippen LogP contribution in [0.5, 0.6) is 0 Å². The molecule has 3 rings (SSSR count). The van der Waals surface area contributed by atoms with Gasteiger partial charge in [-0.05, 0) is 35.8 Å². The lowest BCUT2D eigenvalue weighted by atomic mass is 10.1. The molecule has 1 aliphatic rings. The first-order valence-electron chi connectivity index (χ1n) is 8.04. The Balaban J connectivity index is 1.87. The van der Waals surface area contributed by atoms with Gasteiger partial charge in [0.1, 0.15) is 0 Å². The topological polar surface area (TPSA) is 17.0 Å². The molecule has 1 N–H and O–H groups in total. The number of nitrogens with one attached hydrogen (secondary N) is 1. The maximum atomic E-state index is 3.55. The Labute approximate surface area is 122 Å². The van der Waals surface area contributed by atoms with E-state index in [1.807, 2.05) is 0 Å². The average molecular weight is 270 g/mol. The van der Waals surface area contributed by atoms with Crippen LogP contribution in [0.2, 0.25) is 0 Å². The Kier molecular flexibility index (Phi) is 4.11. The number of para-hydroxylation sites is 1. The van der Waals surface area contributed by atoms with E-state index in [9.17, 15) is 0 Å². The van der Waals surface area contributed by atoms with Gasteiger partial charge < -0.3 is 9.88 Å². The molecule has 20 heavy (non-hydrogen) atoms. The lowest BCUT2D eigenvalue weighted by Crippen LogP contribution is -2.22. The Bertz CT molecular complexity index is 562. The minimum absolute atomic E-state index is 0.531. The molecule has 0 amide bonds. The largest absolute Gasteiger partial charge is 0.347 e. The van der Waals surface area contributed by atoms with Crippen molar-refractivity contribution in [3.8, 4) is 0 Å². The van der Waals surface area contributed by atoms with E-state index in [-0.39, 0.29) is 0 Å². The van der Waals surface area contributed by atoms with E-state index in [4.69, 9.17) is 0 Å². The molecule has 1 fully saturated rings. The van der Waals surface area contributed by atoms with Crippen molar-refractivity contribution >= 4 is 10.9 Å². The van der Waals surface area contributed by atoms with Gasteiger partial charge in [-0.2, -0.15) is 0 Å². The van der Waals surface area contributed by atoms with Gasteiger partial charge in [-0.25, -0.2) is 0 Å². The Morgan fingerprint density at radius 3 is 2.75 bits per heavy atom. The molecule has 2 aromatic rings. The summed E-state index contributed by atoms with van der Waals surface area (Å²) in [4.78, 5) is 0. The predicted octanol–water partition coefficient (Wildman–Crippen LogP) is 4.33. The average Bonchev–Trinajstić information content (AvgIpc) is 3.07. The Hall–Kier alpha value is -1.28. The van der Waals surface area contributed by atoms with Crippen molar-refractivity contribution in [2.24, 2.45) is 5.92 Å². The minimum Gasteiger partial charge on any atom is -0.347 e. The lowest BCUT2D eigenvalue weighted by molar-refractivity contribution is 0.465. The van der Waals surface area contributed by atoms with Crippen LogP contribution in [0, 0.1) is 5.92 Å². The third-order valence-electron chi connectivity index (χ3n) is 4.50. The van der Waals surface area contributed by atoms with Crippen molar-refractivity contribution in [3.05, 3.63) is 36.0 Å². The summed E-state index contributed by atoms with van der Waals surface area (Å²) in [6.07, 6.45) is 7.94. The first-order valence-corrected chi connectivity index (χ1v) is 8.04. The van der Waals surface area contributed by atoms with Gasteiger partial charge in [0.15, 0.2) is 0 Å². The number of benzene rings is 1. The molecule has 0 aliphatic heterocycles. The van der Waals surface area contributed by atoms with Crippen molar-refractivity contribution in [2.75, 3.05) is 0 Å². The third kappa shape index (κ3) is 2.90. The van der Waals surface area contributed by atoms with E-state index >= 15 is 0 Å². The van der Waals surface area contributed by atoms with Gasteiger partial charge in [-0.3, -0.25) is 0 Å². The molecular formula is C18H26N2. The van der Waals surface area contributed by atoms with Gasteiger partial charge in [-0.15, -0.1) is 0 Å². The van der Waals surface area contributed by atoms with E-state index in [0.717, 1.165) is 12.5 Å². The van der Waals surface area contributed by atoms with Crippen LogP contribution < -0.4 is 5.32 Å². The van der Waals surface area contributed by atoms with E-state index < -0.39 is 0 Å². The maximum Gasteiger partial charge on any atom is 0.0525 e. The standard InChI is InChI=1S/C18H26N2/c1-14(2)19-12-17-9-5-8-16-10-11-20(18(16)17)13-15-6-3-4-7-15/h5,8-11,14-15,19H,3-4,6-7,12-13H2,1-2H3. The monoisotopic (exact) mass is 270 g/mol. The second-order valence-electron chi connectivity index (χ2n) is 6.51. The number of rotatable bonds is 5. The fourth-order valence-corrected chi connectivity index (χ4v) is 3.42. The van der Waals surface area contributed by atoms with Crippen molar-refractivity contribution in [1.82, 2.24) is 9.88 Å². The smallest absolute Gasteiger partial charge is 0.0525 e. The van der Waals surface area contributed by atoms with E-state index in [2.05, 4.69) is 54.2 Å². The summed E-state index contributed by atoms with van der Waals surface area (Å²) < 4.78 is 2.49. The summed E-state index contributed by atoms with van der Waals surface area (Å²) in [5.41, 5.74) is 2.87. The first-order chi connectivity index (χ1) is 9.74. The molecule has 0 spiro atoms. The number of hydrogen-bond donors (Lipinski definition) is 1. The molecule has 0 bridgehead atoms. The van der Waals surface area contributed by atoms with Crippen LogP contribution >= 0.6 is 0 Å². The van der Waals surface area contributed by atoms with Gasteiger partial charge in [0.2, 0.25) is 0 Å². The lowest BCUT2D eigenvalue weighted by Gasteiger charge is -2.15. The Morgan fingerprint density at radius 1 is 1.20 bits per heavy atom. The highest BCUT2D eigenvalue weighted by molar-refractivity contribution is 5.83. The number of aromatic nitrogens is 1. The van der Waals surface area contributed by atoms with E-state index in [1.54, 1.807) is 0 Å². The summed E-state index contributed by atoms with van der Waals surface area (Å²) in [5, 5.41) is 4.93. The molecule has 0 saturated heterocycles. The second kappa shape index (κ2) is 6.01. The molecule has 0 atom stereocenters. The molecule has 2 nitrogen and oxygen atoms in total. The molecule has 0 radical (unpaired) electrons. The molecular weight excluding hydrogens is 244 g/mol. The fourth-order valence-electron chi connectivity index (χ4n) is 3.42. The van der Waals surface area contributed by atoms with Crippen molar-refractivity contribution < 1.29 is 0 Å². The highest BCUT2D eigenvalue weighted by atomic mass is 15.0. The Morgan fingerprint density at radius 2 is 2.00 bits per heavy atom. The second-order valence-corrected chi connectivity index (χ2v) is 6.51. The normalized spacial score (nSPS) is 16.6. The zero-order chi connectivity index (χ0) is 13.9. The molecule has 1 aliphatic carbocycles. The summed E-state index contributed by atoms with van der Waals surface area (Å²) in [5.74, 6) is 0.886. The fraction of sp³-hybridized carbons (Fsp3) is 0.556. The minimum atomic E-state index is 0.531. The summed E-state index contributed by atoms with van der Waals surface area (Å²) in [6.45, 7) is 6.57. The molecule has 1 heterocycles. The maximum absolute atomic E-state index is 3.55. The van der Waals surface area contributed by atoms with Gasteiger partial charge in [-0.1, -0.05) is 44.9 Å². The van der Waals surface area contributed by atoms with Gasteiger partial charge in [0.05, 0.1) is 5.52 Å². The predicted molar refractivity (Wildman–Crippen MR) is 85.9 cm³/mol. The highest BCUT2D eigenvalue weighted by Gasteiger charge is 2.17. The van der Waals surface area contributed by atoms with Crippen LogP contribution in [-0.4, -0.2) is 10.6 Å². The van der Waals surface area contributed by atoms with Crippen molar-refractivity contribution in [3.63, 3.8) is 0 Å². The van der Waals surface area contributed by atoms with Crippen LogP contribution in [0.25, 0.3) is 10.9 Å². The SMILES string of the molecule is CC(C)NCc1cccc2ccn(CC3CCCC3)c12. The zero-order valence-electron chi connectivity index (χ0n) is 12.7. The van der Waals surface area contributed by atoms with Crippen LogP contribution in [0.3, 0.4) is 0 Å². The van der Waals surface area contributed by atoms with Crippen molar-refractivity contribution in [2.45, 2.75) is 58.7 Å². The molecule has 2 heteroatoms. The molecule has 1 saturated carbocycles. The van der Waals surface area contributed by atoms with Gasteiger partial charge in [0.25, 0.3) is 0 Å². The third-order valence-corrected chi connectivity index (χ3v) is 4.50. The summed E-state index contributed by atoms with van der Waals surface area (Å²) >= 11 is 0. The molecule has 0 unspecified atom stereocenters.